The number of carbonyl (C=O) groups excluding carboxylic acids is 4. The highest BCUT2D eigenvalue weighted by molar-refractivity contribution is 7.91. The average Bonchev–Trinajstić information content (AvgIpc) is 3.96. The third-order valence-electron chi connectivity index (χ3n) is 9.08. The summed E-state index contributed by atoms with van der Waals surface area (Å²) < 4.78 is 45.1. The van der Waals surface area contributed by atoms with E-state index in [-0.39, 0.29) is 39.0 Å². The molecular formula is C34H43N5O9S. The van der Waals surface area contributed by atoms with Crippen molar-refractivity contribution < 1.29 is 41.8 Å². The number of fused-ring (bicyclic) bond motifs is 3. The number of nitrogens with zero attached hydrogens (tertiary/aromatic N) is 2. The van der Waals surface area contributed by atoms with E-state index in [1.165, 1.54) is 4.90 Å². The van der Waals surface area contributed by atoms with E-state index in [4.69, 9.17) is 14.2 Å². The summed E-state index contributed by atoms with van der Waals surface area (Å²) in [7, 11) is -3.89. The van der Waals surface area contributed by atoms with Gasteiger partial charge in [0, 0.05) is 30.5 Å². The van der Waals surface area contributed by atoms with Crippen LogP contribution in [0.5, 0.6) is 5.88 Å². The number of benzene rings is 1. The Morgan fingerprint density at radius 2 is 1.90 bits per heavy atom. The molecule has 3 N–H and O–H groups in total. The Labute approximate surface area is 285 Å². The van der Waals surface area contributed by atoms with Crippen LogP contribution >= 0.6 is 0 Å². The molecule has 0 radical (unpaired) electrons. The number of alkyl carbamates (subject to hydrolysis) is 1. The quantitative estimate of drug-likeness (QED) is 0.379. The molecule has 2 saturated carbocycles. The lowest BCUT2D eigenvalue weighted by molar-refractivity contribution is -0.141. The predicted molar refractivity (Wildman–Crippen MR) is 178 cm³/mol. The number of rotatable bonds is 6. The van der Waals surface area contributed by atoms with Crippen LogP contribution in [0, 0.1) is 5.92 Å². The summed E-state index contributed by atoms with van der Waals surface area (Å²) in [6.07, 6.45) is 5.42. The minimum Gasteiger partial charge on any atom is -0.472 e. The Kier molecular flexibility index (Phi) is 9.59. The maximum Gasteiger partial charge on any atom is 0.408 e. The van der Waals surface area contributed by atoms with Crippen molar-refractivity contribution in [2.75, 3.05) is 19.8 Å². The molecule has 2 unspecified atom stereocenters. The normalized spacial score (nSPS) is 27.9. The van der Waals surface area contributed by atoms with Crippen LogP contribution in [0.3, 0.4) is 0 Å². The Balaban J connectivity index is 1.30. The molecule has 2 aliphatic heterocycles. The van der Waals surface area contributed by atoms with Crippen molar-refractivity contribution in [3.63, 3.8) is 0 Å². The summed E-state index contributed by atoms with van der Waals surface area (Å²) in [5.41, 5.74) is -2.35. The van der Waals surface area contributed by atoms with Gasteiger partial charge < -0.3 is 29.7 Å². The van der Waals surface area contributed by atoms with E-state index >= 15 is 0 Å². The van der Waals surface area contributed by atoms with Crippen LogP contribution < -0.4 is 20.1 Å². The summed E-state index contributed by atoms with van der Waals surface area (Å²) >= 11 is 0. The van der Waals surface area contributed by atoms with Gasteiger partial charge in [0.15, 0.2) is 0 Å². The minimum atomic E-state index is -3.89. The third kappa shape index (κ3) is 7.99. The van der Waals surface area contributed by atoms with E-state index in [9.17, 15) is 27.6 Å². The molecule has 1 aromatic carbocycles. The molecule has 2 aliphatic carbocycles. The van der Waals surface area contributed by atoms with Gasteiger partial charge in [-0.1, -0.05) is 30.4 Å². The number of nitrogens with one attached hydrogen (secondary N) is 3. The van der Waals surface area contributed by atoms with E-state index in [0.29, 0.717) is 25.1 Å². The van der Waals surface area contributed by atoms with E-state index in [0.717, 1.165) is 10.8 Å². The lowest BCUT2D eigenvalue weighted by atomic mass is 10.1. The molecule has 5 atom stereocenters. The maximum atomic E-state index is 14.3. The summed E-state index contributed by atoms with van der Waals surface area (Å²) in [6, 6.07) is 7.23. The molecule has 1 saturated heterocycles. The molecule has 1 aromatic heterocycles. The molecule has 4 aliphatic rings. The Morgan fingerprint density at radius 3 is 2.65 bits per heavy atom. The monoisotopic (exact) mass is 697 g/mol. The zero-order chi connectivity index (χ0) is 35.0. The van der Waals surface area contributed by atoms with E-state index < -0.39 is 74.3 Å². The number of hydrogen-bond donors (Lipinski definition) is 3. The number of ether oxygens (including phenoxy) is 3. The van der Waals surface area contributed by atoms with Crippen LogP contribution in [0.25, 0.3) is 10.8 Å². The molecule has 4 amide bonds. The van der Waals surface area contributed by atoms with E-state index in [1.54, 1.807) is 39.1 Å². The van der Waals surface area contributed by atoms with Gasteiger partial charge in [-0.25, -0.2) is 18.2 Å². The standard InChI is InChI=1S/C34H43N5O9S/c1-33(2,3)48-32(43)36-26-11-7-17-46-16-6-9-22-19-34(22,31(42)38-49(44,45)24-12-13-24)37-28(40)27-18-23(20-39(27)30(26)41)47-29-25-10-5-4-8-21(25)14-15-35-29/h4-6,8-10,14-15,22-24,26-27H,7,11-13,16-20H2,1-3H3,(H,36,43)(H,37,40)(H,38,42)/t22?,23?,26-,27-,34+/m0/s1. The van der Waals surface area contributed by atoms with E-state index in [2.05, 4.69) is 20.3 Å². The largest absolute Gasteiger partial charge is 0.472 e. The molecule has 0 bridgehead atoms. The first kappa shape index (κ1) is 34.6. The van der Waals surface area contributed by atoms with Gasteiger partial charge in [0.25, 0.3) is 5.91 Å². The van der Waals surface area contributed by atoms with Crippen molar-refractivity contribution in [3.8, 4) is 5.88 Å². The van der Waals surface area contributed by atoms with Crippen LogP contribution in [0.4, 0.5) is 4.79 Å². The molecule has 3 heterocycles. The fourth-order valence-electron chi connectivity index (χ4n) is 6.35. The first-order chi connectivity index (χ1) is 23.3. The van der Waals surface area contributed by atoms with Gasteiger partial charge in [-0.05, 0) is 70.4 Å². The minimum absolute atomic E-state index is 0.0105. The maximum absolute atomic E-state index is 14.3. The van der Waals surface area contributed by atoms with Crippen molar-refractivity contribution in [2.24, 2.45) is 5.92 Å². The highest BCUT2D eigenvalue weighted by atomic mass is 32.2. The van der Waals surface area contributed by atoms with Crippen LogP contribution in [-0.4, -0.2) is 96.5 Å². The SMILES string of the molecule is CC(C)(C)OC(=O)N[C@H]1CCCOCC=CC2C[C@@]2(C(=O)NS(=O)(=O)C2CC2)NC(=O)[C@@H]2CC(Oc3nccc4ccccc34)CN2C1=O. The van der Waals surface area contributed by atoms with Crippen LogP contribution in [0.15, 0.2) is 48.7 Å². The van der Waals surface area contributed by atoms with Crippen molar-refractivity contribution in [1.29, 1.82) is 0 Å². The summed E-state index contributed by atoms with van der Waals surface area (Å²) in [6.45, 7) is 5.61. The highest BCUT2D eigenvalue weighted by Crippen LogP contribution is 2.46. The van der Waals surface area contributed by atoms with Gasteiger partial charge in [0.2, 0.25) is 27.7 Å². The van der Waals surface area contributed by atoms with Crippen LogP contribution in [0.2, 0.25) is 0 Å². The van der Waals surface area contributed by atoms with Crippen molar-refractivity contribution in [1.82, 2.24) is 25.2 Å². The van der Waals surface area contributed by atoms with Gasteiger partial charge in [0.05, 0.1) is 18.4 Å². The molecule has 6 rings (SSSR count). The smallest absolute Gasteiger partial charge is 0.408 e. The van der Waals surface area contributed by atoms with Crippen LogP contribution in [-0.2, 0) is 33.9 Å². The number of amides is 4. The fraction of sp³-hybridized carbons (Fsp3) is 0.559. The predicted octanol–water partition coefficient (Wildman–Crippen LogP) is 2.33. The number of pyridine rings is 1. The van der Waals surface area contributed by atoms with Gasteiger partial charge in [-0.3, -0.25) is 19.1 Å². The summed E-state index contributed by atoms with van der Waals surface area (Å²) in [4.78, 5) is 60.7. The van der Waals surface area contributed by atoms with Gasteiger partial charge >= 0.3 is 6.09 Å². The second-order valence-electron chi connectivity index (χ2n) is 14.1. The third-order valence-corrected chi connectivity index (χ3v) is 10.9. The molecule has 264 valence electrons. The number of hydrogen-bond acceptors (Lipinski definition) is 10. The number of sulfonamides is 1. The van der Waals surface area contributed by atoms with Gasteiger partial charge in [-0.2, -0.15) is 0 Å². The lowest BCUT2D eigenvalue weighted by Gasteiger charge is -2.30. The van der Waals surface area contributed by atoms with Crippen molar-refractivity contribution >= 4 is 44.6 Å². The number of carbonyl (C=O) groups is 4. The summed E-state index contributed by atoms with van der Waals surface area (Å²) in [5.74, 6) is -2.13. The average molecular weight is 698 g/mol. The molecule has 3 fully saturated rings. The topological polar surface area (TPSA) is 182 Å². The molecule has 0 spiro atoms. The van der Waals surface area contributed by atoms with Gasteiger partial charge in [0.1, 0.15) is 29.3 Å². The first-order valence-corrected chi connectivity index (χ1v) is 18.2. The summed E-state index contributed by atoms with van der Waals surface area (Å²) in [5, 5.41) is 6.54. The molecule has 2 aromatic rings. The van der Waals surface area contributed by atoms with E-state index in [1.807, 2.05) is 30.3 Å². The second-order valence-corrected chi connectivity index (χ2v) is 16.1. The van der Waals surface area contributed by atoms with Crippen molar-refractivity contribution in [3.05, 3.63) is 48.7 Å². The lowest BCUT2D eigenvalue weighted by Crippen LogP contribution is -2.58. The fourth-order valence-corrected chi connectivity index (χ4v) is 7.72. The zero-order valence-electron chi connectivity index (χ0n) is 27.8. The Morgan fingerprint density at radius 1 is 1.12 bits per heavy atom. The van der Waals surface area contributed by atoms with Gasteiger partial charge in [-0.15, -0.1) is 0 Å². The molecule has 14 nitrogen and oxygen atoms in total. The highest BCUT2D eigenvalue weighted by Gasteiger charge is 2.62. The Hall–Kier alpha value is -4.24. The van der Waals surface area contributed by atoms with Crippen molar-refractivity contribution in [2.45, 2.75) is 93.9 Å². The Bertz CT molecular complexity index is 1750. The second kappa shape index (κ2) is 13.6. The zero-order valence-corrected chi connectivity index (χ0v) is 28.7. The van der Waals surface area contributed by atoms with Crippen LogP contribution in [0.1, 0.15) is 59.3 Å². The first-order valence-electron chi connectivity index (χ1n) is 16.7. The molecule has 15 heteroatoms. The molecular weight excluding hydrogens is 654 g/mol. The number of aromatic nitrogens is 1. The molecule has 49 heavy (non-hydrogen) atoms.